The van der Waals surface area contributed by atoms with E-state index in [1.54, 1.807) is 0 Å². The van der Waals surface area contributed by atoms with Crippen LogP contribution in [0.5, 0.6) is 5.75 Å². The quantitative estimate of drug-likeness (QED) is 0.717. The molecule has 0 aliphatic rings. The number of halogens is 3. The van der Waals surface area contributed by atoms with Gasteiger partial charge in [-0.05, 0) is 36.8 Å². The van der Waals surface area contributed by atoms with E-state index in [0.717, 1.165) is 34.2 Å². The number of aromatic amines is 1. The van der Waals surface area contributed by atoms with Gasteiger partial charge in [0.25, 0.3) is 0 Å². The van der Waals surface area contributed by atoms with Crippen LogP contribution < -0.4 is 4.74 Å². The Bertz CT molecular complexity index is 788. The lowest BCUT2D eigenvalue weighted by molar-refractivity contribution is -0.137. The summed E-state index contributed by atoms with van der Waals surface area (Å²) in [6.07, 6.45) is -2.46. The van der Waals surface area contributed by atoms with Crippen molar-refractivity contribution in [1.82, 2.24) is 4.98 Å². The Morgan fingerprint density at radius 2 is 1.77 bits per heavy atom. The molecule has 0 aliphatic heterocycles. The predicted octanol–water partition coefficient (Wildman–Crippen LogP) is 5.07. The summed E-state index contributed by atoms with van der Waals surface area (Å²) < 4.78 is 43.1. The molecule has 114 valence electrons. The molecule has 2 nitrogen and oxygen atoms in total. The first-order valence-corrected chi connectivity index (χ1v) is 6.81. The summed E-state index contributed by atoms with van der Waals surface area (Å²) in [7, 11) is 0. The third-order valence-corrected chi connectivity index (χ3v) is 3.59. The van der Waals surface area contributed by atoms with Gasteiger partial charge in [0.05, 0.1) is 5.56 Å². The fourth-order valence-corrected chi connectivity index (χ4v) is 2.38. The number of nitrogens with one attached hydrogen (secondary N) is 1. The molecule has 0 unspecified atom stereocenters. The van der Waals surface area contributed by atoms with Gasteiger partial charge in [-0.1, -0.05) is 18.2 Å². The number of H-pyrrole nitrogens is 1. The summed E-state index contributed by atoms with van der Waals surface area (Å²) in [5.74, 6) is 0.412. The Hall–Kier alpha value is -2.43. The number of rotatable bonds is 3. The fourth-order valence-electron chi connectivity index (χ4n) is 2.38. The molecule has 22 heavy (non-hydrogen) atoms. The maximum absolute atomic E-state index is 12.5. The molecule has 3 rings (SSSR count). The third kappa shape index (κ3) is 2.79. The summed E-state index contributed by atoms with van der Waals surface area (Å²) in [6, 6.07) is 10.7. The fraction of sp³-hybridized carbons (Fsp3) is 0.176. The van der Waals surface area contributed by atoms with E-state index >= 15 is 0 Å². The van der Waals surface area contributed by atoms with Crippen molar-refractivity contribution >= 4 is 10.9 Å². The minimum absolute atomic E-state index is 0.300. The molecule has 1 N–H and O–H groups in total. The number of hydrogen-bond donors (Lipinski definition) is 1. The molecule has 1 aromatic heterocycles. The number of aryl methyl sites for hydroxylation is 1. The summed E-state index contributed by atoms with van der Waals surface area (Å²) in [5, 5.41) is 1.06. The number of para-hydroxylation sites is 1. The van der Waals surface area contributed by atoms with E-state index < -0.39 is 11.7 Å². The van der Waals surface area contributed by atoms with E-state index in [0.29, 0.717) is 12.4 Å². The molecule has 5 heteroatoms. The first kappa shape index (κ1) is 14.5. The molecular formula is C17H14F3NO. The Morgan fingerprint density at radius 3 is 2.45 bits per heavy atom. The second-order valence-corrected chi connectivity index (χ2v) is 5.12. The van der Waals surface area contributed by atoms with E-state index in [-0.39, 0.29) is 0 Å². The number of benzene rings is 2. The topological polar surface area (TPSA) is 25.0 Å². The van der Waals surface area contributed by atoms with Crippen LogP contribution in [0.3, 0.4) is 0 Å². The molecule has 3 aromatic rings. The number of fused-ring (bicyclic) bond motifs is 1. The highest BCUT2D eigenvalue weighted by molar-refractivity contribution is 5.85. The van der Waals surface area contributed by atoms with Gasteiger partial charge in [-0.3, -0.25) is 0 Å². The summed E-state index contributed by atoms with van der Waals surface area (Å²) in [5.41, 5.74) is 2.48. The lowest BCUT2D eigenvalue weighted by atomic mass is 10.1. The minimum Gasteiger partial charge on any atom is -0.489 e. The van der Waals surface area contributed by atoms with E-state index in [9.17, 15) is 13.2 Å². The molecule has 0 atom stereocenters. The third-order valence-electron chi connectivity index (χ3n) is 3.59. The van der Waals surface area contributed by atoms with Crippen LogP contribution in [-0.2, 0) is 12.8 Å². The number of ether oxygens (including phenoxy) is 1. The van der Waals surface area contributed by atoms with Gasteiger partial charge in [0.2, 0.25) is 0 Å². The molecular weight excluding hydrogens is 291 g/mol. The normalized spacial score (nSPS) is 11.8. The van der Waals surface area contributed by atoms with Gasteiger partial charge >= 0.3 is 6.18 Å². The maximum Gasteiger partial charge on any atom is 0.416 e. The van der Waals surface area contributed by atoms with Crippen LogP contribution in [-0.4, -0.2) is 4.98 Å². The molecule has 2 aromatic carbocycles. The van der Waals surface area contributed by atoms with Crippen LogP contribution >= 0.6 is 0 Å². The lowest BCUT2D eigenvalue weighted by Crippen LogP contribution is -2.04. The van der Waals surface area contributed by atoms with Gasteiger partial charge in [-0.2, -0.15) is 13.2 Å². The zero-order chi connectivity index (χ0) is 15.7. The van der Waals surface area contributed by atoms with E-state index in [1.807, 2.05) is 31.3 Å². The molecule has 0 radical (unpaired) electrons. The van der Waals surface area contributed by atoms with Gasteiger partial charge in [0.15, 0.2) is 0 Å². The zero-order valence-corrected chi connectivity index (χ0v) is 11.9. The molecule has 0 bridgehead atoms. The standard InChI is InChI=1S/C17H14F3NO/c1-11-3-2-4-15-12(9-21-16(11)15)10-22-14-7-5-13(6-8-14)17(18,19)20/h2-9,21H,10H2,1H3. The predicted molar refractivity (Wildman–Crippen MR) is 78.8 cm³/mol. The van der Waals surface area contributed by atoms with Crippen LogP contribution in [0.2, 0.25) is 0 Å². The molecule has 0 spiro atoms. The summed E-state index contributed by atoms with van der Waals surface area (Å²) in [4.78, 5) is 3.19. The van der Waals surface area contributed by atoms with Crippen molar-refractivity contribution in [3.8, 4) is 5.75 Å². The highest BCUT2D eigenvalue weighted by atomic mass is 19.4. The highest BCUT2D eigenvalue weighted by Crippen LogP contribution is 2.30. The average Bonchev–Trinajstić information content (AvgIpc) is 2.89. The van der Waals surface area contributed by atoms with Crippen molar-refractivity contribution in [2.45, 2.75) is 19.7 Å². The molecule has 0 saturated heterocycles. The number of hydrogen-bond acceptors (Lipinski definition) is 1. The van der Waals surface area contributed by atoms with Gasteiger partial charge in [0.1, 0.15) is 12.4 Å². The SMILES string of the molecule is Cc1cccc2c(COc3ccc(C(F)(F)F)cc3)c[nH]c12. The Labute approximate surface area is 125 Å². The molecule has 0 saturated carbocycles. The summed E-state index contributed by atoms with van der Waals surface area (Å²) in [6.45, 7) is 2.31. The first-order valence-electron chi connectivity index (χ1n) is 6.81. The largest absolute Gasteiger partial charge is 0.489 e. The van der Waals surface area contributed by atoms with Crippen LogP contribution in [0.4, 0.5) is 13.2 Å². The minimum atomic E-state index is -4.33. The van der Waals surface area contributed by atoms with Gasteiger partial charge in [0, 0.05) is 22.7 Å². The van der Waals surface area contributed by atoms with Gasteiger partial charge < -0.3 is 9.72 Å². The van der Waals surface area contributed by atoms with Crippen LogP contribution in [0, 0.1) is 6.92 Å². The Morgan fingerprint density at radius 1 is 1.05 bits per heavy atom. The van der Waals surface area contributed by atoms with Crippen molar-refractivity contribution in [3.63, 3.8) is 0 Å². The maximum atomic E-state index is 12.5. The molecule has 0 fully saturated rings. The molecule has 1 heterocycles. The number of alkyl halides is 3. The van der Waals surface area contributed by atoms with Crippen LogP contribution in [0.15, 0.2) is 48.7 Å². The Kier molecular flexibility index (Phi) is 3.56. The first-order chi connectivity index (χ1) is 10.4. The number of aromatic nitrogens is 1. The van der Waals surface area contributed by atoms with E-state index in [2.05, 4.69) is 4.98 Å². The van der Waals surface area contributed by atoms with Crippen molar-refractivity contribution in [1.29, 1.82) is 0 Å². The van der Waals surface area contributed by atoms with E-state index in [1.165, 1.54) is 12.1 Å². The monoisotopic (exact) mass is 305 g/mol. The average molecular weight is 305 g/mol. The van der Waals surface area contributed by atoms with Gasteiger partial charge in [-0.25, -0.2) is 0 Å². The molecule has 0 aliphatic carbocycles. The highest BCUT2D eigenvalue weighted by Gasteiger charge is 2.30. The lowest BCUT2D eigenvalue weighted by Gasteiger charge is -2.09. The van der Waals surface area contributed by atoms with Crippen molar-refractivity contribution in [3.05, 3.63) is 65.4 Å². The van der Waals surface area contributed by atoms with Crippen molar-refractivity contribution in [2.24, 2.45) is 0 Å². The van der Waals surface area contributed by atoms with Crippen LogP contribution in [0.1, 0.15) is 16.7 Å². The van der Waals surface area contributed by atoms with Crippen LogP contribution in [0.25, 0.3) is 10.9 Å². The zero-order valence-electron chi connectivity index (χ0n) is 11.9. The van der Waals surface area contributed by atoms with Crippen molar-refractivity contribution in [2.75, 3.05) is 0 Å². The van der Waals surface area contributed by atoms with Gasteiger partial charge in [-0.15, -0.1) is 0 Å². The second-order valence-electron chi connectivity index (χ2n) is 5.12. The summed E-state index contributed by atoms with van der Waals surface area (Å²) >= 11 is 0. The van der Waals surface area contributed by atoms with Crippen molar-refractivity contribution < 1.29 is 17.9 Å². The smallest absolute Gasteiger partial charge is 0.416 e. The second kappa shape index (κ2) is 5.40. The Balaban J connectivity index is 1.75. The molecule has 0 amide bonds. The van der Waals surface area contributed by atoms with E-state index in [4.69, 9.17) is 4.74 Å².